The Balaban J connectivity index is 1.43. The van der Waals surface area contributed by atoms with Crippen molar-refractivity contribution in [1.82, 2.24) is 15.5 Å². The number of likely N-dealkylation sites (tertiary alicyclic amines) is 1. The molecule has 1 fully saturated rings. The lowest BCUT2D eigenvalue weighted by molar-refractivity contribution is -0.139. The predicted molar refractivity (Wildman–Crippen MR) is 225 cm³/mol. The number of carbonyl (C=O) groups excluding carboxylic acids is 6. The normalized spacial score (nSPS) is 14.4. The third-order valence-electron chi connectivity index (χ3n) is 9.73. The molecule has 0 bridgehead atoms. The highest BCUT2D eigenvalue weighted by Crippen LogP contribution is 2.36. The summed E-state index contributed by atoms with van der Waals surface area (Å²) in [7, 11) is 2.75. The van der Waals surface area contributed by atoms with Crippen LogP contribution in [0.1, 0.15) is 67.1 Å². The highest BCUT2D eigenvalue weighted by Gasteiger charge is 2.31. The largest absolute Gasteiger partial charge is 0.493 e. The monoisotopic (exact) mass is 845 g/mol. The number of hydrogen-bond donors (Lipinski definition) is 5. The number of anilines is 2. The average molecular weight is 846 g/mol. The Kier molecular flexibility index (Phi) is 17.9. The molecule has 0 spiro atoms. The number of ether oxygens (including phenoxy) is 5. The molecule has 61 heavy (non-hydrogen) atoms. The topological polar surface area (TPSA) is 220 Å². The summed E-state index contributed by atoms with van der Waals surface area (Å²) in [5.74, 6) is -1.72. The van der Waals surface area contributed by atoms with Crippen molar-refractivity contribution in [2.75, 3.05) is 44.6 Å². The second-order valence-electron chi connectivity index (χ2n) is 14.6. The first-order valence-corrected chi connectivity index (χ1v) is 19.9. The lowest BCUT2D eigenvalue weighted by atomic mass is 10.0. The fraction of sp³-hybridized carbons (Fsp3) is 0.409. The first-order chi connectivity index (χ1) is 29.3. The molecule has 3 atom stereocenters. The number of carbonyl (C=O) groups is 6. The molecule has 0 radical (unpaired) electrons. The molecule has 4 rings (SSSR count). The summed E-state index contributed by atoms with van der Waals surface area (Å²) >= 11 is 0. The Morgan fingerprint density at radius 1 is 0.836 bits per heavy atom. The van der Waals surface area contributed by atoms with E-state index in [1.54, 1.807) is 61.2 Å². The maximum atomic E-state index is 14.0. The minimum absolute atomic E-state index is 0.0227. The molecule has 1 aliphatic rings. The molecule has 0 aliphatic carbocycles. The van der Waals surface area contributed by atoms with Crippen molar-refractivity contribution < 1.29 is 57.6 Å². The zero-order valence-electron chi connectivity index (χ0n) is 35.1. The number of amides is 5. The van der Waals surface area contributed by atoms with Crippen molar-refractivity contribution in [3.8, 4) is 11.5 Å². The Bertz CT molecular complexity index is 2020. The minimum atomic E-state index is -0.958. The number of esters is 1. The van der Waals surface area contributed by atoms with Crippen molar-refractivity contribution in [3.63, 3.8) is 0 Å². The van der Waals surface area contributed by atoms with Crippen LogP contribution in [0.15, 0.2) is 73.3 Å². The van der Waals surface area contributed by atoms with E-state index in [-0.39, 0.29) is 67.5 Å². The van der Waals surface area contributed by atoms with Crippen LogP contribution in [0, 0.1) is 5.92 Å². The van der Waals surface area contributed by atoms with E-state index in [1.807, 2.05) is 6.07 Å². The molecule has 328 valence electrons. The first-order valence-electron chi connectivity index (χ1n) is 19.9. The van der Waals surface area contributed by atoms with Crippen LogP contribution in [0.5, 0.6) is 11.5 Å². The number of methoxy groups -OCH3 is 2. The Morgan fingerprint density at radius 3 is 2.25 bits per heavy atom. The highest BCUT2D eigenvalue weighted by molar-refractivity contribution is 6.04. The molecule has 3 unspecified atom stereocenters. The fourth-order valence-electron chi connectivity index (χ4n) is 6.39. The van der Waals surface area contributed by atoms with Crippen molar-refractivity contribution >= 4 is 47.3 Å². The molecule has 3 aromatic rings. The summed E-state index contributed by atoms with van der Waals surface area (Å²) in [5.41, 5.74) is 2.67. The predicted octanol–water partition coefficient (Wildman–Crippen LogP) is 5.11. The van der Waals surface area contributed by atoms with E-state index in [0.29, 0.717) is 24.2 Å². The molecule has 5 N–H and O–H groups in total. The van der Waals surface area contributed by atoms with Gasteiger partial charge in [0.1, 0.15) is 31.9 Å². The zero-order chi connectivity index (χ0) is 44.5. The quantitative estimate of drug-likeness (QED) is 0.0604. The van der Waals surface area contributed by atoms with Crippen LogP contribution in [0.2, 0.25) is 0 Å². The van der Waals surface area contributed by atoms with E-state index in [0.717, 1.165) is 24.0 Å². The van der Waals surface area contributed by atoms with Gasteiger partial charge in [0, 0.05) is 18.3 Å². The molecule has 17 heteroatoms. The number of nitrogens with one attached hydrogen (secondary N) is 4. The number of alkyl carbamates (subject to hydrolysis) is 1. The molecule has 1 heterocycles. The van der Waals surface area contributed by atoms with Crippen molar-refractivity contribution in [3.05, 3.63) is 95.6 Å². The molecule has 5 amide bonds. The highest BCUT2D eigenvalue weighted by atomic mass is 16.6. The number of hydrogen-bond acceptors (Lipinski definition) is 12. The third-order valence-corrected chi connectivity index (χ3v) is 9.73. The van der Waals surface area contributed by atoms with Gasteiger partial charge >= 0.3 is 18.2 Å². The molecular formula is C44H55N5O12. The van der Waals surface area contributed by atoms with E-state index in [1.165, 1.54) is 39.4 Å². The molecule has 3 aromatic carbocycles. The van der Waals surface area contributed by atoms with Crippen molar-refractivity contribution in [1.29, 1.82) is 0 Å². The number of aliphatic hydroxyl groups excluding tert-OH is 1. The fourth-order valence-corrected chi connectivity index (χ4v) is 6.39. The maximum absolute atomic E-state index is 14.0. The van der Waals surface area contributed by atoms with Gasteiger partial charge in [-0.05, 0) is 67.0 Å². The SMILES string of the molecule is C=CCOC(=O)NC(C(=O)NC(C)C(=O)Nc1ccc(COC(=O)Nc2cc(OCc3cccc(CC(=O)OC)c3)c(OC)cc2C(=O)N2CCCCC2CO)cc1)C(C)C. The van der Waals surface area contributed by atoms with Crippen molar-refractivity contribution in [2.45, 2.75) is 77.8 Å². The smallest absolute Gasteiger partial charge is 0.411 e. The molecule has 1 aliphatic heterocycles. The Hall–Kier alpha value is -6.62. The van der Waals surface area contributed by atoms with Gasteiger partial charge in [0.15, 0.2) is 11.5 Å². The van der Waals surface area contributed by atoms with E-state index >= 15 is 0 Å². The van der Waals surface area contributed by atoms with Gasteiger partial charge in [0.2, 0.25) is 11.8 Å². The van der Waals surface area contributed by atoms with Gasteiger partial charge in [-0.3, -0.25) is 24.5 Å². The Morgan fingerprint density at radius 2 is 1.57 bits per heavy atom. The van der Waals surface area contributed by atoms with E-state index in [4.69, 9.17) is 23.7 Å². The summed E-state index contributed by atoms with van der Waals surface area (Å²) in [6.45, 7) is 8.54. The number of rotatable bonds is 19. The lowest BCUT2D eigenvalue weighted by Gasteiger charge is -2.35. The number of benzene rings is 3. The van der Waals surface area contributed by atoms with Gasteiger partial charge in [0.05, 0.1) is 44.5 Å². The second-order valence-corrected chi connectivity index (χ2v) is 14.6. The Labute approximate surface area is 355 Å². The van der Waals surface area contributed by atoms with Crippen LogP contribution in [-0.2, 0) is 48.2 Å². The van der Waals surface area contributed by atoms with E-state index < -0.39 is 48.0 Å². The summed E-state index contributed by atoms with van der Waals surface area (Å²) in [6.07, 6.45) is 2.08. The van der Waals surface area contributed by atoms with Crippen molar-refractivity contribution in [2.24, 2.45) is 5.92 Å². The maximum Gasteiger partial charge on any atom is 0.411 e. The molecule has 17 nitrogen and oxygen atoms in total. The van der Waals surface area contributed by atoms with Gasteiger partial charge in [-0.1, -0.05) is 62.9 Å². The molecular weight excluding hydrogens is 791 g/mol. The summed E-state index contributed by atoms with van der Waals surface area (Å²) in [5, 5.41) is 20.5. The van der Waals surface area contributed by atoms with E-state index in [2.05, 4.69) is 27.8 Å². The van der Waals surface area contributed by atoms with E-state index in [9.17, 15) is 33.9 Å². The van der Waals surface area contributed by atoms with Crippen LogP contribution in [0.25, 0.3) is 0 Å². The van der Waals surface area contributed by atoms with Crippen LogP contribution in [0.3, 0.4) is 0 Å². The van der Waals surface area contributed by atoms with Crippen LogP contribution in [-0.4, -0.2) is 98.0 Å². The second kappa shape index (κ2) is 23.2. The lowest BCUT2D eigenvalue weighted by Crippen LogP contribution is -2.53. The summed E-state index contributed by atoms with van der Waals surface area (Å²) in [4.78, 5) is 78.5. The third kappa shape index (κ3) is 14.0. The standard InChI is InChI=1S/C44H55N5O12/c1-7-19-59-44(56)48-39(27(2)3)41(53)45-28(4)40(52)46-32-16-14-29(15-17-32)25-61-43(55)47-35-23-37(60-26-31-12-10-11-30(20-31)21-38(51)58-6)36(57-5)22-34(35)42(54)49-18-9-8-13-33(49)24-50/h7,10-12,14-17,20,22-23,27-28,33,39,50H,1,8-9,13,18-19,21,24-26H2,2-6H3,(H,45,53)(H,46,52)(H,47,55)(H,48,56). The molecule has 0 aromatic heterocycles. The number of piperidine rings is 1. The zero-order valence-corrected chi connectivity index (χ0v) is 35.1. The van der Waals surface area contributed by atoms with Gasteiger partial charge in [-0.2, -0.15) is 0 Å². The summed E-state index contributed by atoms with van der Waals surface area (Å²) in [6, 6.07) is 14.3. The van der Waals surface area contributed by atoms with Gasteiger partial charge < -0.3 is 49.6 Å². The number of nitrogens with zero attached hydrogens (tertiary/aromatic N) is 1. The summed E-state index contributed by atoms with van der Waals surface area (Å²) < 4.78 is 26.9. The molecule has 1 saturated heterocycles. The van der Waals surface area contributed by atoms with Gasteiger partial charge in [-0.15, -0.1) is 0 Å². The van der Waals surface area contributed by atoms with Crippen LogP contribution >= 0.6 is 0 Å². The minimum Gasteiger partial charge on any atom is -0.493 e. The first kappa shape index (κ1) is 47.1. The average Bonchev–Trinajstić information content (AvgIpc) is 3.26. The van der Waals surface area contributed by atoms with Crippen LogP contribution < -0.4 is 30.7 Å². The molecule has 0 saturated carbocycles. The van der Waals surface area contributed by atoms with Crippen LogP contribution in [0.4, 0.5) is 21.0 Å². The van der Waals surface area contributed by atoms with Gasteiger partial charge in [0.25, 0.3) is 5.91 Å². The van der Waals surface area contributed by atoms with Gasteiger partial charge in [-0.25, -0.2) is 9.59 Å². The number of aliphatic hydroxyl groups is 1.